The number of aliphatic hydroxyl groups excluding tert-OH is 3. The average molecular weight is 944 g/mol. The zero-order valence-corrected chi connectivity index (χ0v) is 41.0. The van der Waals surface area contributed by atoms with Gasteiger partial charge < -0.3 is 68.7 Å². The van der Waals surface area contributed by atoms with Crippen LogP contribution in [0.3, 0.4) is 0 Å². The van der Waals surface area contributed by atoms with Gasteiger partial charge in [0.2, 0.25) is 47.3 Å². The Balaban J connectivity index is 6.07. The second-order valence-corrected chi connectivity index (χ2v) is 19.3. The number of carbonyl (C=O) groups excluding carboxylic acids is 8. The number of aliphatic hydroxyl groups is 3. The standard InChI is InChI=1S/C44H81N9O13/c1-20(2)14-28(45)37(58)47-29(15-21(3)4)38(59)48-31(17-23(7)8)40(61)52-34(26(12)55)43(64)46-25(11)36(57)51-33(19-54)42(63)50-30(16-22(5)6)39(60)49-32(18-24(9)10)41(62)53-35(27(13)56)44(65)66/h20-35,54-56H,14-19,45H2,1-13H3,(H,46,64)(H,47,58)(H,48,59)(H,49,60)(H,50,63)(H,51,57)(H,52,61)(H,53,62)(H,65,66)/t25-,26+,27+,28-,29-,30-,31-,32-,33-,34-,35-/m0/s1. The molecule has 22 heteroatoms. The van der Waals surface area contributed by atoms with E-state index in [0.29, 0.717) is 6.42 Å². The van der Waals surface area contributed by atoms with Crippen molar-refractivity contribution in [1.82, 2.24) is 42.5 Å². The second-order valence-electron chi connectivity index (χ2n) is 19.3. The van der Waals surface area contributed by atoms with Gasteiger partial charge in [0, 0.05) is 0 Å². The van der Waals surface area contributed by atoms with Crippen LogP contribution >= 0.6 is 0 Å². The summed E-state index contributed by atoms with van der Waals surface area (Å²) in [5, 5.41) is 59.7. The van der Waals surface area contributed by atoms with E-state index in [0.717, 1.165) is 0 Å². The molecule has 380 valence electrons. The maximum Gasteiger partial charge on any atom is 0.328 e. The first-order valence-corrected chi connectivity index (χ1v) is 22.8. The number of carboxylic acid groups (broad SMARTS) is 1. The van der Waals surface area contributed by atoms with E-state index >= 15 is 0 Å². The van der Waals surface area contributed by atoms with Gasteiger partial charge in [0.1, 0.15) is 42.3 Å². The predicted molar refractivity (Wildman–Crippen MR) is 244 cm³/mol. The molecule has 0 heterocycles. The molecule has 0 aromatic rings. The van der Waals surface area contributed by atoms with Gasteiger partial charge in [0.05, 0.1) is 24.9 Å². The molecule has 0 saturated carbocycles. The average Bonchev–Trinajstić information content (AvgIpc) is 3.17. The minimum Gasteiger partial charge on any atom is -0.480 e. The summed E-state index contributed by atoms with van der Waals surface area (Å²) >= 11 is 0. The molecule has 8 amide bonds. The first kappa shape index (κ1) is 61.1. The Labute approximate surface area is 389 Å². The van der Waals surface area contributed by atoms with E-state index in [4.69, 9.17) is 5.73 Å². The lowest BCUT2D eigenvalue weighted by Crippen LogP contribution is -2.62. The lowest BCUT2D eigenvalue weighted by atomic mass is 9.98. The number of hydrogen-bond acceptors (Lipinski definition) is 13. The van der Waals surface area contributed by atoms with Crippen molar-refractivity contribution >= 4 is 53.2 Å². The highest BCUT2D eigenvalue weighted by atomic mass is 16.4. The summed E-state index contributed by atoms with van der Waals surface area (Å²) in [5.74, 6) is -8.62. The van der Waals surface area contributed by atoms with E-state index in [-0.39, 0.29) is 55.3 Å². The highest BCUT2D eigenvalue weighted by Crippen LogP contribution is 2.13. The van der Waals surface area contributed by atoms with Crippen molar-refractivity contribution in [2.45, 2.75) is 189 Å². The van der Waals surface area contributed by atoms with Crippen LogP contribution in [0, 0.1) is 29.6 Å². The van der Waals surface area contributed by atoms with Crippen molar-refractivity contribution in [2.75, 3.05) is 6.61 Å². The lowest BCUT2D eigenvalue weighted by Gasteiger charge is -2.29. The number of nitrogens with one attached hydrogen (secondary N) is 8. The van der Waals surface area contributed by atoms with Crippen LogP contribution in [-0.2, 0) is 43.2 Å². The van der Waals surface area contributed by atoms with Crippen LogP contribution < -0.4 is 48.3 Å². The number of amides is 8. The zero-order chi connectivity index (χ0) is 51.3. The smallest absolute Gasteiger partial charge is 0.328 e. The molecule has 0 aromatic carbocycles. The first-order valence-electron chi connectivity index (χ1n) is 22.8. The number of carbonyl (C=O) groups is 9. The fourth-order valence-electron chi connectivity index (χ4n) is 6.68. The topological polar surface area (TPSA) is 357 Å². The molecule has 0 aliphatic rings. The summed E-state index contributed by atoms with van der Waals surface area (Å²) in [6, 6.07) is -12.1. The molecule has 0 aromatic heterocycles. The number of aliphatic carboxylic acids is 1. The van der Waals surface area contributed by atoms with Crippen LogP contribution in [0.5, 0.6) is 0 Å². The van der Waals surface area contributed by atoms with Crippen molar-refractivity contribution in [3.63, 3.8) is 0 Å². The second kappa shape index (κ2) is 29.7. The van der Waals surface area contributed by atoms with Crippen molar-refractivity contribution in [2.24, 2.45) is 35.3 Å². The van der Waals surface area contributed by atoms with E-state index in [2.05, 4.69) is 42.5 Å². The normalized spacial score (nSPS) is 16.6. The SMILES string of the molecule is CC(C)C[C@H](NC(=O)[C@H](CO)NC(=O)[C@H](C)NC(=O)[C@@H](NC(=O)[C@H](CC(C)C)NC(=O)[C@H](CC(C)C)NC(=O)[C@@H](N)CC(C)C)[C@@H](C)O)C(=O)N[C@@H](CC(C)C)C(=O)N[C@H](C(=O)O)[C@@H](C)O. The van der Waals surface area contributed by atoms with Gasteiger partial charge in [-0.05, 0) is 82.5 Å². The lowest BCUT2D eigenvalue weighted by molar-refractivity contribution is -0.145. The Kier molecular flexibility index (Phi) is 27.4. The molecule has 22 nitrogen and oxygen atoms in total. The van der Waals surface area contributed by atoms with Gasteiger partial charge in [0.25, 0.3) is 0 Å². The molecule has 0 fully saturated rings. The predicted octanol–water partition coefficient (Wildman–Crippen LogP) is -1.72. The summed E-state index contributed by atoms with van der Waals surface area (Å²) in [7, 11) is 0. The molecule has 11 atom stereocenters. The fraction of sp³-hybridized carbons (Fsp3) is 0.795. The van der Waals surface area contributed by atoms with E-state index in [1.54, 1.807) is 41.5 Å². The molecule has 0 bridgehead atoms. The Morgan fingerprint density at radius 2 is 0.667 bits per heavy atom. The molecule has 66 heavy (non-hydrogen) atoms. The minimum absolute atomic E-state index is 0.0351. The highest BCUT2D eigenvalue weighted by Gasteiger charge is 2.36. The summed E-state index contributed by atoms with van der Waals surface area (Å²) in [5.41, 5.74) is 6.05. The minimum atomic E-state index is -1.66. The molecular weight excluding hydrogens is 863 g/mol. The van der Waals surface area contributed by atoms with E-state index in [1.165, 1.54) is 20.8 Å². The molecule has 0 unspecified atom stereocenters. The van der Waals surface area contributed by atoms with Gasteiger partial charge in [0.15, 0.2) is 6.04 Å². The third kappa shape index (κ3) is 23.0. The molecule has 0 aliphatic heterocycles. The Morgan fingerprint density at radius 1 is 0.379 bits per heavy atom. The maximum atomic E-state index is 13.7. The van der Waals surface area contributed by atoms with Crippen LogP contribution in [0.25, 0.3) is 0 Å². The summed E-state index contributed by atoms with van der Waals surface area (Å²) in [6.45, 7) is 20.8. The molecule has 0 spiro atoms. The van der Waals surface area contributed by atoms with Crippen LogP contribution in [0.4, 0.5) is 0 Å². The number of rotatable bonds is 30. The van der Waals surface area contributed by atoms with Gasteiger partial charge in [-0.3, -0.25) is 38.4 Å². The van der Waals surface area contributed by atoms with E-state index in [1.807, 2.05) is 27.7 Å². The maximum absolute atomic E-state index is 13.7. The fourth-order valence-corrected chi connectivity index (χ4v) is 6.68. The zero-order valence-electron chi connectivity index (χ0n) is 41.0. The highest BCUT2D eigenvalue weighted by molar-refractivity contribution is 5.98. The van der Waals surface area contributed by atoms with Crippen LogP contribution in [0.2, 0.25) is 0 Å². The van der Waals surface area contributed by atoms with Crippen molar-refractivity contribution < 1.29 is 63.6 Å². The first-order chi connectivity index (χ1) is 30.4. The monoisotopic (exact) mass is 944 g/mol. The molecular formula is C44H81N9O13. The molecule has 0 radical (unpaired) electrons. The molecule has 0 rings (SSSR count). The molecule has 0 saturated heterocycles. The van der Waals surface area contributed by atoms with Crippen LogP contribution in [0.15, 0.2) is 0 Å². The molecule has 14 N–H and O–H groups in total. The van der Waals surface area contributed by atoms with E-state index in [9.17, 15) is 63.6 Å². The van der Waals surface area contributed by atoms with Gasteiger partial charge >= 0.3 is 5.97 Å². The quantitative estimate of drug-likeness (QED) is 0.0381. The third-order valence-electron chi connectivity index (χ3n) is 10.1. The van der Waals surface area contributed by atoms with Crippen molar-refractivity contribution in [1.29, 1.82) is 0 Å². The summed E-state index contributed by atoms with van der Waals surface area (Å²) in [6.07, 6.45) is -2.15. The van der Waals surface area contributed by atoms with Gasteiger partial charge in [-0.2, -0.15) is 0 Å². The Bertz CT molecular complexity index is 1620. The van der Waals surface area contributed by atoms with Crippen LogP contribution in [-0.4, -0.2) is 147 Å². The van der Waals surface area contributed by atoms with Crippen LogP contribution in [0.1, 0.15) is 122 Å². The Morgan fingerprint density at radius 3 is 0.970 bits per heavy atom. The summed E-state index contributed by atoms with van der Waals surface area (Å²) < 4.78 is 0. The van der Waals surface area contributed by atoms with Gasteiger partial charge in [-0.15, -0.1) is 0 Å². The van der Waals surface area contributed by atoms with Crippen molar-refractivity contribution in [3.8, 4) is 0 Å². The largest absolute Gasteiger partial charge is 0.480 e. The Hall–Kier alpha value is -4.93. The molecule has 0 aliphatic carbocycles. The van der Waals surface area contributed by atoms with E-state index < -0.39 is 126 Å². The number of carboxylic acids is 1. The number of nitrogens with two attached hydrogens (primary N) is 1. The van der Waals surface area contributed by atoms with Gasteiger partial charge in [-0.1, -0.05) is 69.2 Å². The number of hydrogen-bond donors (Lipinski definition) is 13. The van der Waals surface area contributed by atoms with Crippen molar-refractivity contribution in [3.05, 3.63) is 0 Å². The summed E-state index contributed by atoms with van der Waals surface area (Å²) in [4.78, 5) is 119. The van der Waals surface area contributed by atoms with Gasteiger partial charge in [-0.25, -0.2) is 4.79 Å². The third-order valence-corrected chi connectivity index (χ3v) is 10.1.